The maximum atomic E-state index is 12.4. The van der Waals surface area contributed by atoms with Gasteiger partial charge in [-0.05, 0) is 31.0 Å². The summed E-state index contributed by atoms with van der Waals surface area (Å²) in [6.07, 6.45) is 2.64. The van der Waals surface area contributed by atoms with E-state index in [0.29, 0.717) is 28.6 Å². The van der Waals surface area contributed by atoms with Gasteiger partial charge in [0.15, 0.2) is 0 Å². The van der Waals surface area contributed by atoms with E-state index < -0.39 is 5.91 Å². The van der Waals surface area contributed by atoms with Crippen LogP contribution in [0.5, 0.6) is 5.88 Å². The highest BCUT2D eigenvalue weighted by atomic mass is 32.1. The predicted molar refractivity (Wildman–Crippen MR) is 105 cm³/mol. The molecule has 1 aliphatic heterocycles. The second-order valence-corrected chi connectivity index (χ2v) is 7.95. The maximum Gasteiger partial charge on any atom is 0.287 e. The normalized spacial score (nSPS) is 16.4. The molecule has 0 bridgehead atoms. The monoisotopic (exact) mass is 400 g/mol. The Morgan fingerprint density at radius 1 is 1.46 bits per heavy atom. The highest BCUT2D eigenvalue weighted by Gasteiger charge is 2.17. The van der Waals surface area contributed by atoms with Crippen molar-refractivity contribution in [2.24, 2.45) is 5.92 Å². The number of H-pyrrole nitrogens is 1. The van der Waals surface area contributed by atoms with Crippen molar-refractivity contribution >= 4 is 27.5 Å². The fourth-order valence-corrected chi connectivity index (χ4v) is 3.86. The van der Waals surface area contributed by atoms with Crippen LogP contribution in [-0.2, 0) is 11.3 Å². The number of nitrogens with one attached hydrogen (secondary N) is 2. The molecule has 0 aromatic carbocycles. The lowest BCUT2D eigenvalue weighted by Crippen LogP contribution is -2.27. The van der Waals surface area contributed by atoms with Crippen molar-refractivity contribution in [1.82, 2.24) is 20.3 Å². The predicted octanol–water partition coefficient (Wildman–Crippen LogP) is 2.03. The van der Waals surface area contributed by atoms with Crippen LogP contribution >= 0.6 is 11.3 Å². The van der Waals surface area contributed by atoms with Crippen LogP contribution in [-0.4, -0.2) is 40.7 Å². The molecule has 9 heteroatoms. The van der Waals surface area contributed by atoms with Gasteiger partial charge >= 0.3 is 0 Å². The SMILES string of the molecule is Cc1cc2c(=O)[nH]c(C(=O)NCc3ccnc(OCC4CCOC4)c3)nc2s1. The molecule has 4 rings (SSSR count). The van der Waals surface area contributed by atoms with Gasteiger partial charge in [0.2, 0.25) is 11.7 Å². The zero-order chi connectivity index (χ0) is 19.5. The molecule has 2 N–H and O–H groups in total. The summed E-state index contributed by atoms with van der Waals surface area (Å²) in [6.45, 7) is 4.23. The molecule has 1 amide bonds. The fraction of sp³-hybridized carbons (Fsp3) is 0.368. The van der Waals surface area contributed by atoms with Gasteiger partial charge in [-0.25, -0.2) is 9.97 Å². The summed E-state index contributed by atoms with van der Waals surface area (Å²) in [5.41, 5.74) is 0.534. The van der Waals surface area contributed by atoms with Crippen molar-refractivity contribution in [2.45, 2.75) is 19.9 Å². The van der Waals surface area contributed by atoms with Crippen molar-refractivity contribution in [1.29, 1.82) is 0 Å². The molecule has 1 aliphatic rings. The molecule has 1 unspecified atom stereocenters. The van der Waals surface area contributed by atoms with Crippen LogP contribution in [0, 0.1) is 12.8 Å². The van der Waals surface area contributed by atoms with Crippen LogP contribution in [0.4, 0.5) is 0 Å². The molecule has 8 nitrogen and oxygen atoms in total. The molecule has 146 valence electrons. The smallest absolute Gasteiger partial charge is 0.287 e. The summed E-state index contributed by atoms with van der Waals surface area (Å²) in [5, 5.41) is 3.27. The number of rotatable bonds is 6. The average molecular weight is 400 g/mol. The zero-order valence-corrected chi connectivity index (χ0v) is 16.2. The van der Waals surface area contributed by atoms with Gasteiger partial charge in [0.1, 0.15) is 4.83 Å². The second-order valence-electron chi connectivity index (χ2n) is 6.72. The number of aromatic nitrogens is 3. The minimum absolute atomic E-state index is 0.00566. The summed E-state index contributed by atoms with van der Waals surface area (Å²) in [7, 11) is 0. The largest absolute Gasteiger partial charge is 0.477 e. The Labute approximate surface area is 164 Å². The number of pyridine rings is 1. The molecular weight excluding hydrogens is 380 g/mol. The van der Waals surface area contributed by atoms with Crippen molar-refractivity contribution in [3.8, 4) is 5.88 Å². The first-order valence-corrected chi connectivity index (χ1v) is 9.84. The number of aryl methyl sites for hydroxylation is 1. The van der Waals surface area contributed by atoms with Crippen LogP contribution in [0.1, 0.15) is 27.5 Å². The Kier molecular flexibility index (Phi) is 5.36. The third kappa shape index (κ3) is 4.20. The molecule has 28 heavy (non-hydrogen) atoms. The van der Waals surface area contributed by atoms with Crippen LogP contribution in [0.15, 0.2) is 29.2 Å². The molecule has 0 saturated carbocycles. The number of aromatic amines is 1. The second kappa shape index (κ2) is 8.07. The topological polar surface area (TPSA) is 106 Å². The zero-order valence-electron chi connectivity index (χ0n) is 15.4. The number of carbonyl (C=O) groups is 1. The number of fused-ring (bicyclic) bond motifs is 1. The maximum absolute atomic E-state index is 12.4. The van der Waals surface area contributed by atoms with Crippen LogP contribution in [0.2, 0.25) is 0 Å². The van der Waals surface area contributed by atoms with Gasteiger partial charge in [-0.1, -0.05) is 0 Å². The highest BCUT2D eigenvalue weighted by molar-refractivity contribution is 7.18. The summed E-state index contributed by atoms with van der Waals surface area (Å²) >= 11 is 1.39. The van der Waals surface area contributed by atoms with Crippen molar-refractivity contribution in [2.75, 3.05) is 19.8 Å². The van der Waals surface area contributed by atoms with E-state index in [1.165, 1.54) is 11.3 Å². The molecule has 1 atom stereocenters. The van der Waals surface area contributed by atoms with Crippen LogP contribution < -0.4 is 15.6 Å². The molecule has 4 heterocycles. The number of hydrogen-bond acceptors (Lipinski definition) is 7. The van der Waals surface area contributed by atoms with Gasteiger partial charge in [0, 0.05) is 36.2 Å². The van der Waals surface area contributed by atoms with Gasteiger partial charge in [0.25, 0.3) is 11.5 Å². The van der Waals surface area contributed by atoms with Gasteiger partial charge in [-0.15, -0.1) is 11.3 Å². The lowest BCUT2D eigenvalue weighted by atomic mass is 10.1. The van der Waals surface area contributed by atoms with E-state index >= 15 is 0 Å². The van der Waals surface area contributed by atoms with E-state index in [1.807, 2.05) is 6.92 Å². The Bertz CT molecular complexity index is 1060. The lowest BCUT2D eigenvalue weighted by Gasteiger charge is -2.10. The van der Waals surface area contributed by atoms with E-state index in [-0.39, 0.29) is 17.9 Å². The lowest BCUT2D eigenvalue weighted by molar-refractivity contribution is 0.0940. The van der Waals surface area contributed by atoms with E-state index in [9.17, 15) is 9.59 Å². The van der Waals surface area contributed by atoms with Crippen LogP contribution in [0.3, 0.4) is 0 Å². The van der Waals surface area contributed by atoms with Crippen molar-refractivity contribution < 1.29 is 14.3 Å². The molecule has 1 fully saturated rings. The molecule has 0 aliphatic carbocycles. The number of ether oxygens (including phenoxy) is 2. The molecule has 1 saturated heterocycles. The standard InChI is InChI=1S/C19H20N4O4S/c1-11-6-14-17(24)22-16(23-19(14)28-11)18(25)21-8-12-2-4-20-15(7-12)27-10-13-3-5-26-9-13/h2,4,6-7,13H,3,5,8-10H2,1H3,(H,21,25)(H,22,23,24). The number of thiophene rings is 1. The highest BCUT2D eigenvalue weighted by Crippen LogP contribution is 2.20. The van der Waals surface area contributed by atoms with E-state index in [1.54, 1.807) is 24.4 Å². The third-order valence-electron chi connectivity index (χ3n) is 4.48. The first-order chi connectivity index (χ1) is 13.6. The molecule has 3 aromatic heterocycles. The average Bonchev–Trinajstić information content (AvgIpc) is 3.34. The third-order valence-corrected chi connectivity index (χ3v) is 5.43. The summed E-state index contributed by atoms with van der Waals surface area (Å²) in [5.74, 6) is 0.475. The fourth-order valence-electron chi connectivity index (χ4n) is 2.98. The molecule has 3 aromatic rings. The first kappa shape index (κ1) is 18.6. The number of carbonyl (C=O) groups excluding carboxylic acids is 1. The van der Waals surface area contributed by atoms with E-state index in [0.717, 1.165) is 30.1 Å². The van der Waals surface area contributed by atoms with E-state index in [4.69, 9.17) is 9.47 Å². The Balaban J connectivity index is 1.39. The summed E-state index contributed by atoms with van der Waals surface area (Å²) in [6, 6.07) is 5.36. The molecule has 0 spiro atoms. The molecule has 0 radical (unpaired) electrons. The number of hydrogen-bond donors (Lipinski definition) is 2. The van der Waals surface area contributed by atoms with E-state index in [2.05, 4.69) is 20.3 Å². The Morgan fingerprint density at radius 2 is 2.36 bits per heavy atom. The number of amides is 1. The molecular formula is C19H20N4O4S. The van der Waals surface area contributed by atoms with Crippen molar-refractivity contribution in [3.05, 3.63) is 51.0 Å². The Hall–Kier alpha value is -2.78. The van der Waals surface area contributed by atoms with Gasteiger partial charge < -0.3 is 19.8 Å². The van der Waals surface area contributed by atoms with Gasteiger partial charge in [0.05, 0.1) is 18.6 Å². The first-order valence-electron chi connectivity index (χ1n) is 9.02. The summed E-state index contributed by atoms with van der Waals surface area (Å²) in [4.78, 5) is 37.1. The quantitative estimate of drug-likeness (QED) is 0.656. The summed E-state index contributed by atoms with van der Waals surface area (Å²) < 4.78 is 11.1. The van der Waals surface area contributed by atoms with Gasteiger partial charge in [-0.3, -0.25) is 9.59 Å². The van der Waals surface area contributed by atoms with Crippen molar-refractivity contribution in [3.63, 3.8) is 0 Å². The van der Waals surface area contributed by atoms with Gasteiger partial charge in [-0.2, -0.15) is 0 Å². The minimum Gasteiger partial charge on any atom is -0.477 e. The van der Waals surface area contributed by atoms with Crippen LogP contribution in [0.25, 0.3) is 10.2 Å². The Morgan fingerprint density at radius 3 is 3.18 bits per heavy atom. The minimum atomic E-state index is -0.438. The number of nitrogens with zero attached hydrogens (tertiary/aromatic N) is 2.